The number of rotatable bonds is 10. The van der Waals surface area contributed by atoms with E-state index in [2.05, 4.69) is 50.7 Å². The zero-order valence-corrected chi connectivity index (χ0v) is 24.7. The molecular weight excluding hydrogens is 496 g/mol. The van der Waals surface area contributed by atoms with Crippen molar-refractivity contribution in [3.8, 4) is 11.5 Å². The van der Waals surface area contributed by atoms with Crippen molar-refractivity contribution < 1.29 is 23.5 Å². The fourth-order valence-corrected chi connectivity index (χ4v) is 6.40. The molecule has 3 atom stereocenters. The van der Waals surface area contributed by atoms with Crippen LogP contribution in [-0.2, 0) is 14.0 Å². The number of amides is 1. The molecule has 1 aromatic carbocycles. The Morgan fingerprint density at radius 1 is 1.18 bits per heavy atom. The molecule has 38 heavy (non-hydrogen) atoms. The molecule has 3 aliphatic rings. The SMILES string of the molecule is C=CC1=CCC(C(=O)C(=O)N[C@H](CN2CCCC2)[C@H](O[Si](C)(C)C(C)(C)C)c2ccc3c(c2)OCCO3)C1. The van der Waals surface area contributed by atoms with Crippen LogP contribution in [0, 0.1) is 5.92 Å². The van der Waals surface area contributed by atoms with Crippen LogP contribution >= 0.6 is 0 Å². The van der Waals surface area contributed by atoms with E-state index in [1.165, 1.54) is 0 Å². The van der Waals surface area contributed by atoms with Crippen molar-refractivity contribution in [2.45, 2.75) is 76.7 Å². The van der Waals surface area contributed by atoms with Crippen LogP contribution in [-0.4, -0.2) is 63.8 Å². The molecule has 1 saturated heterocycles. The standard InChI is InChI=1S/C30H44N2O5Si/c1-7-21-10-11-22(18-21)27(33)29(34)31-24(20-32-14-8-9-15-32)28(37-38(5,6)30(2,3)4)23-12-13-25-26(19-23)36-17-16-35-25/h7,10,12-13,19,22,24,28H,1,8-9,11,14-18,20H2,2-6H3,(H,31,34)/t22?,24-,28-/m1/s1. The van der Waals surface area contributed by atoms with Gasteiger partial charge in [0.1, 0.15) is 13.2 Å². The number of ether oxygens (including phenoxy) is 2. The average molecular weight is 541 g/mol. The predicted octanol–water partition coefficient (Wildman–Crippen LogP) is 5.19. The first-order chi connectivity index (χ1) is 18.0. The third-order valence-corrected chi connectivity index (χ3v) is 12.9. The maximum Gasteiger partial charge on any atom is 0.288 e. The summed E-state index contributed by atoms with van der Waals surface area (Å²) in [7, 11) is -2.27. The summed E-state index contributed by atoms with van der Waals surface area (Å²) < 4.78 is 18.7. The van der Waals surface area contributed by atoms with Gasteiger partial charge in [0, 0.05) is 12.5 Å². The Morgan fingerprint density at radius 3 is 2.50 bits per heavy atom. The Bertz CT molecular complexity index is 1070. The van der Waals surface area contributed by atoms with E-state index in [1.54, 1.807) is 6.08 Å². The lowest BCUT2D eigenvalue weighted by molar-refractivity contribution is -0.141. The maximum absolute atomic E-state index is 13.4. The third-order valence-electron chi connectivity index (χ3n) is 8.46. The van der Waals surface area contributed by atoms with E-state index in [1.807, 2.05) is 24.3 Å². The van der Waals surface area contributed by atoms with Crippen molar-refractivity contribution >= 4 is 20.0 Å². The van der Waals surface area contributed by atoms with Gasteiger partial charge in [-0.1, -0.05) is 51.1 Å². The van der Waals surface area contributed by atoms with Crippen LogP contribution in [0.25, 0.3) is 0 Å². The van der Waals surface area contributed by atoms with Gasteiger partial charge in [0.15, 0.2) is 19.8 Å². The van der Waals surface area contributed by atoms with Crippen molar-refractivity contribution in [3.63, 3.8) is 0 Å². The molecule has 1 fully saturated rings. The minimum absolute atomic E-state index is 0.0340. The second kappa shape index (κ2) is 11.8. The third kappa shape index (κ3) is 6.58. The number of ketones is 1. The van der Waals surface area contributed by atoms with Gasteiger partial charge in [-0.3, -0.25) is 9.59 Å². The number of carbonyl (C=O) groups is 2. The van der Waals surface area contributed by atoms with Crippen LogP contribution in [0.15, 0.2) is 42.5 Å². The summed E-state index contributed by atoms with van der Waals surface area (Å²) in [5, 5.41) is 3.12. The Labute approximate surface area is 228 Å². The number of nitrogens with one attached hydrogen (secondary N) is 1. The fourth-order valence-electron chi connectivity index (χ4n) is 5.11. The van der Waals surface area contributed by atoms with Gasteiger partial charge in [0.25, 0.3) is 5.91 Å². The van der Waals surface area contributed by atoms with Crippen molar-refractivity contribution in [1.82, 2.24) is 10.2 Å². The molecule has 0 radical (unpaired) electrons. The minimum atomic E-state index is -2.27. The average Bonchev–Trinajstić information content (AvgIpc) is 3.58. The molecule has 0 aromatic heterocycles. The van der Waals surface area contributed by atoms with E-state index in [9.17, 15) is 9.59 Å². The lowest BCUT2D eigenvalue weighted by Crippen LogP contribution is -2.53. The summed E-state index contributed by atoms with van der Waals surface area (Å²) in [5.74, 6) is 0.184. The molecule has 0 bridgehead atoms. The highest BCUT2D eigenvalue weighted by Crippen LogP contribution is 2.42. The molecule has 4 rings (SSSR count). The molecular formula is C30H44N2O5Si. The fraction of sp³-hybridized carbons (Fsp3) is 0.600. The molecule has 1 N–H and O–H groups in total. The van der Waals surface area contributed by atoms with Gasteiger partial charge < -0.3 is 24.1 Å². The number of benzene rings is 1. The number of likely N-dealkylation sites (tertiary alicyclic amines) is 1. The second-order valence-corrected chi connectivity index (χ2v) is 17.0. The van der Waals surface area contributed by atoms with E-state index >= 15 is 0 Å². The van der Waals surface area contributed by atoms with Crippen LogP contribution in [0.4, 0.5) is 0 Å². The summed E-state index contributed by atoms with van der Waals surface area (Å²) in [6, 6.07) is 5.52. The number of nitrogens with zero attached hydrogens (tertiary/aromatic N) is 1. The quantitative estimate of drug-likeness (QED) is 0.325. The highest BCUT2D eigenvalue weighted by molar-refractivity contribution is 6.74. The normalized spacial score (nSPS) is 21.5. The number of allylic oxidation sites excluding steroid dienone is 3. The molecule has 1 unspecified atom stereocenters. The molecule has 7 nitrogen and oxygen atoms in total. The summed E-state index contributed by atoms with van der Waals surface area (Å²) in [6.45, 7) is 18.5. The summed E-state index contributed by atoms with van der Waals surface area (Å²) >= 11 is 0. The summed E-state index contributed by atoms with van der Waals surface area (Å²) in [6.07, 6.45) is 6.75. The van der Waals surface area contributed by atoms with Crippen molar-refractivity contribution in [2.75, 3.05) is 32.8 Å². The van der Waals surface area contributed by atoms with E-state index < -0.39 is 26.4 Å². The first kappa shape index (κ1) is 28.6. The minimum Gasteiger partial charge on any atom is -0.486 e. The molecule has 0 saturated carbocycles. The first-order valence-corrected chi connectivity index (χ1v) is 16.9. The van der Waals surface area contributed by atoms with Crippen molar-refractivity contribution in [2.24, 2.45) is 5.92 Å². The van der Waals surface area contributed by atoms with E-state index in [4.69, 9.17) is 13.9 Å². The molecule has 0 spiro atoms. The lowest BCUT2D eigenvalue weighted by atomic mass is 9.97. The maximum atomic E-state index is 13.4. The molecule has 208 valence electrons. The van der Waals surface area contributed by atoms with Crippen LogP contribution in [0.2, 0.25) is 18.1 Å². The topological polar surface area (TPSA) is 77.1 Å². The molecule has 2 aliphatic heterocycles. The van der Waals surface area contributed by atoms with Gasteiger partial charge in [-0.2, -0.15) is 0 Å². The van der Waals surface area contributed by atoms with Gasteiger partial charge in [-0.05, 0) is 74.6 Å². The van der Waals surface area contributed by atoms with Crippen LogP contribution in [0.3, 0.4) is 0 Å². The van der Waals surface area contributed by atoms with Gasteiger partial charge in [-0.25, -0.2) is 0 Å². The number of Topliss-reactive ketones (excluding diaryl/α,β-unsaturated/α-hetero) is 1. The highest BCUT2D eigenvalue weighted by Gasteiger charge is 2.43. The predicted molar refractivity (Wildman–Crippen MR) is 152 cm³/mol. The summed E-state index contributed by atoms with van der Waals surface area (Å²) in [5.41, 5.74) is 1.95. The lowest BCUT2D eigenvalue weighted by Gasteiger charge is -2.42. The van der Waals surface area contributed by atoms with Crippen LogP contribution < -0.4 is 14.8 Å². The van der Waals surface area contributed by atoms with E-state index in [0.29, 0.717) is 44.1 Å². The number of carbonyl (C=O) groups excluding carboxylic acids is 2. The van der Waals surface area contributed by atoms with Gasteiger partial charge in [0.05, 0.1) is 12.1 Å². The molecule has 1 amide bonds. The number of hydrogen-bond acceptors (Lipinski definition) is 6. The van der Waals surface area contributed by atoms with Crippen molar-refractivity contribution in [3.05, 3.63) is 48.1 Å². The van der Waals surface area contributed by atoms with E-state index in [0.717, 1.165) is 37.1 Å². The van der Waals surface area contributed by atoms with Gasteiger partial charge >= 0.3 is 0 Å². The first-order valence-electron chi connectivity index (χ1n) is 13.9. The number of hydrogen-bond donors (Lipinski definition) is 1. The molecule has 8 heteroatoms. The van der Waals surface area contributed by atoms with Crippen LogP contribution in [0.1, 0.15) is 58.1 Å². The zero-order valence-electron chi connectivity index (χ0n) is 23.7. The Hall–Kier alpha value is -2.42. The van der Waals surface area contributed by atoms with Gasteiger partial charge in [0.2, 0.25) is 5.78 Å². The largest absolute Gasteiger partial charge is 0.486 e. The van der Waals surface area contributed by atoms with Crippen LogP contribution in [0.5, 0.6) is 11.5 Å². The number of fused-ring (bicyclic) bond motifs is 1. The Balaban J connectivity index is 1.65. The molecule has 2 heterocycles. The second-order valence-electron chi connectivity index (χ2n) is 12.3. The molecule has 1 aliphatic carbocycles. The van der Waals surface area contributed by atoms with Crippen molar-refractivity contribution in [1.29, 1.82) is 0 Å². The molecule has 1 aromatic rings. The van der Waals surface area contributed by atoms with Gasteiger partial charge in [-0.15, -0.1) is 0 Å². The Kier molecular flexibility index (Phi) is 8.84. The zero-order chi connectivity index (χ0) is 27.5. The Morgan fingerprint density at radius 2 is 1.87 bits per heavy atom. The smallest absolute Gasteiger partial charge is 0.288 e. The summed E-state index contributed by atoms with van der Waals surface area (Å²) in [4.78, 5) is 29.0. The highest BCUT2D eigenvalue weighted by atomic mass is 28.4. The van der Waals surface area contributed by atoms with E-state index in [-0.39, 0.29) is 16.7 Å². The monoisotopic (exact) mass is 540 g/mol.